The van der Waals surface area contributed by atoms with E-state index in [9.17, 15) is 0 Å². The summed E-state index contributed by atoms with van der Waals surface area (Å²) in [5.74, 6) is 1.85. The highest BCUT2D eigenvalue weighted by molar-refractivity contribution is 5.39. The van der Waals surface area contributed by atoms with Crippen LogP contribution in [0.2, 0.25) is 0 Å². The molecule has 4 rings (SSSR count). The lowest BCUT2D eigenvalue weighted by atomic mass is 9.73. The number of hydrogen-bond donors (Lipinski definition) is 1. The van der Waals surface area contributed by atoms with E-state index in [1.165, 1.54) is 44.9 Å². The number of benzene rings is 1. The van der Waals surface area contributed by atoms with Gasteiger partial charge >= 0.3 is 0 Å². The van der Waals surface area contributed by atoms with Gasteiger partial charge in [0.1, 0.15) is 0 Å². The van der Waals surface area contributed by atoms with Crippen LogP contribution in [0.4, 0.5) is 0 Å². The van der Waals surface area contributed by atoms with Crippen LogP contribution in [-0.2, 0) is 6.42 Å². The lowest BCUT2D eigenvalue weighted by molar-refractivity contribution is 0.238. The van der Waals surface area contributed by atoms with E-state index in [-0.39, 0.29) is 0 Å². The zero-order chi connectivity index (χ0) is 11.9. The Hall–Kier alpha value is -0.820. The molecule has 1 aliphatic heterocycles. The van der Waals surface area contributed by atoms with Gasteiger partial charge in [-0.05, 0) is 61.5 Å². The minimum atomic E-state index is 0.794. The van der Waals surface area contributed by atoms with Gasteiger partial charge in [0.15, 0.2) is 0 Å². The molecular weight excluding hydrogens is 218 g/mol. The highest BCUT2D eigenvalue weighted by Crippen LogP contribution is 2.41. The Bertz CT molecular complexity index is 439. The summed E-state index contributed by atoms with van der Waals surface area (Å²) in [6.07, 6.45) is 9.97. The van der Waals surface area contributed by atoms with Crippen molar-refractivity contribution in [2.75, 3.05) is 0 Å². The molecule has 1 saturated heterocycles. The van der Waals surface area contributed by atoms with Crippen LogP contribution in [0.15, 0.2) is 24.3 Å². The summed E-state index contributed by atoms with van der Waals surface area (Å²) in [5, 5.41) is 3.95. The van der Waals surface area contributed by atoms with Gasteiger partial charge in [-0.25, -0.2) is 0 Å². The summed E-state index contributed by atoms with van der Waals surface area (Å²) in [4.78, 5) is 0. The molecule has 0 bridgehead atoms. The molecule has 18 heavy (non-hydrogen) atoms. The summed E-state index contributed by atoms with van der Waals surface area (Å²) in [6, 6.07) is 10.7. The fraction of sp³-hybridized carbons (Fsp3) is 0.647. The maximum atomic E-state index is 3.95. The number of piperidine rings is 1. The molecule has 96 valence electrons. The van der Waals surface area contributed by atoms with Gasteiger partial charge in [0.05, 0.1) is 0 Å². The topological polar surface area (TPSA) is 12.0 Å². The molecule has 0 radical (unpaired) electrons. The van der Waals surface area contributed by atoms with E-state index in [0.29, 0.717) is 0 Å². The molecule has 1 nitrogen and oxygen atoms in total. The van der Waals surface area contributed by atoms with Crippen LogP contribution in [-0.4, -0.2) is 12.1 Å². The molecule has 1 N–H and O–H groups in total. The molecule has 0 amide bonds. The second-order valence-electron chi connectivity index (χ2n) is 6.57. The molecule has 1 aromatic carbocycles. The Morgan fingerprint density at radius 2 is 2.00 bits per heavy atom. The van der Waals surface area contributed by atoms with Gasteiger partial charge in [-0.2, -0.15) is 0 Å². The highest BCUT2D eigenvalue weighted by atomic mass is 15.0. The van der Waals surface area contributed by atoms with Crippen molar-refractivity contribution < 1.29 is 0 Å². The second kappa shape index (κ2) is 4.38. The first-order valence-corrected chi connectivity index (χ1v) is 7.74. The minimum absolute atomic E-state index is 0.794. The highest BCUT2D eigenvalue weighted by Gasteiger charge is 2.35. The van der Waals surface area contributed by atoms with E-state index >= 15 is 0 Å². The van der Waals surface area contributed by atoms with Gasteiger partial charge in [0.25, 0.3) is 0 Å². The Morgan fingerprint density at radius 3 is 2.94 bits per heavy atom. The molecule has 4 unspecified atom stereocenters. The maximum absolute atomic E-state index is 3.95. The van der Waals surface area contributed by atoms with Gasteiger partial charge in [-0.1, -0.05) is 30.7 Å². The molecule has 1 aromatic rings. The van der Waals surface area contributed by atoms with Gasteiger partial charge in [-0.3, -0.25) is 0 Å². The van der Waals surface area contributed by atoms with Crippen molar-refractivity contribution in [3.63, 3.8) is 0 Å². The lowest BCUT2D eigenvalue weighted by Crippen LogP contribution is -2.46. The first kappa shape index (κ1) is 11.0. The number of rotatable bonds is 2. The minimum Gasteiger partial charge on any atom is -0.311 e. The molecule has 1 heteroatoms. The van der Waals surface area contributed by atoms with Gasteiger partial charge in [0, 0.05) is 12.1 Å². The van der Waals surface area contributed by atoms with E-state index in [1.54, 1.807) is 11.1 Å². The fourth-order valence-corrected chi connectivity index (χ4v) is 4.51. The summed E-state index contributed by atoms with van der Waals surface area (Å²) >= 11 is 0. The summed E-state index contributed by atoms with van der Waals surface area (Å²) in [5.41, 5.74) is 3.23. The Balaban J connectivity index is 1.39. The molecule has 2 fully saturated rings. The lowest BCUT2D eigenvalue weighted by Gasteiger charge is -2.38. The molecule has 3 aliphatic rings. The van der Waals surface area contributed by atoms with Crippen molar-refractivity contribution in [1.29, 1.82) is 0 Å². The fourth-order valence-electron chi connectivity index (χ4n) is 4.51. The van der Waals surface area contributed by atoms with Crippen LogP contribution in [0.5, 0.6) is 0 Å². The zero-order valence-corrected chi connectivity index (χ0v) is 11.1. The second-order valence-corrected chi connectivity index (χ2v) is 6.57. The number of hydrogen-bond acceptors (Lipinski definition) is 1. The average Bonchev–Trinajstić information content (AvgIpc) is 2.83. The Morgan fingerprint density at radius 1 is 1.06 bits per heavy atom. The SMILES string of the molecule is c1ccc2c(c1)CC2CC1CCC2CCCC2N1. The zero-order valence-electron chi connectivity index (χ0n) is 11.1. The largest absolute Gasteiger partial charge is 0.311 e. The standard InChI is InChI=1S/C17H23N/c1-2-6-16-13(4-1)10-14(16)11-15-9-8-12-5-3-7-17(12)18-15/h1-2,4,6,12,14-15,17-18H,3,5,7-11H2. The van der Waals surface area contributed by atoms with Crippen LogP contribution in [0.25, 0.3) is 0 Å². The first-order chi connectivity index (χ1) is 8.90. The van der Waals surface area contributed by atoms with Gasteiger partial charge in [0.2, 0.25) is 0 Å². The Labute approximate surface area is 110 Å². The van der Waals surface area contributed by atoms with Crippen molar-refractivity contribution in [3.8, 4) is 0 Å². The monoisotopic (exact) mass is 241 g/mol. The van der Waals surface area contributed by atoms with Crippen LogP contribution < -0.4 is 5.32 Å². The van der Waals surface area contributed by atoms with Gasteiger partial charge < -0.3 is 5.32 Å². The Kier molecular flexibility index (Phi) is 2.69. The summed E-state index contributed by atoms with van der Waals surface area (Å²) in [7, 11) is 0. The third-order valence-corrected chi connectivity index (χ3v) is 5.53. The van der Waals surface area contributed by atoms with Crippen molar-refractivity contribution in [3.05, 3.63) is 35.4 Å². The van der Waals surface area contributed by atoms with Gasteiger partial charge in [-0.15, -0.1) is 0 Å². The number of nitrogens with one attached hydrogen (secondary N) is 1. The summed E-state index contributed by atoms with van der Waals surface area (Å²) < 4.78 is 0. The van der Waals surface area contributed by atoms with E-state index in [4.69, 9.17) is 0 Å². The van der Waals surface area contributed by atoms with E-state index in [0.717, 1.165) is 23.9 Å². The molecule has 1 heterocycles. The van der Waals surface area contributed by atoms with Crippen LogP contribution >= 0.6 is 0 Å². The maximum Gasteiger partial charge on any atom is 0.00979 e. The summed E-state index contributed by atoms with van der Waals surface area (Å²) in [6.45, 7) is 0. The average molecular weight is 241 g/mol. The van der Waals surface area contributed by atoms with Crippen LogP contribution in [0, 0.1) is 5.92 Å². The molecule has 0 aromatic heterocycles. The molecule has 2 aliphatic carbocycles. The smallest absolute Gasteiger partial charge is 0.00979 e. The molecule has 1 saturated carbocycles. The third-order valence-electron chi connectivity index (χ3n) is 5.53. The number of fused-ring (bicyclic) bond motifs is 2. The quantitative estimate of drug-likeness (QED) is 0.833. The normalized spacial score (nSPS) is 37.8. The van der Waals surface area contributed by atoms with Crippen molar-refractivity contribution in [2.45, 2.75) is 62.9 Å². The van der Waals surface area contributed by atoms with Crippen LogP contribution in [0.1, 0.15) is 55.6 Å². The van der Waals surface area contributed by atoms with E-state index in [1.807, 2.05) is 0 Å². The van der Waals surface area contributed by atoms with E-state index < -0.39 is 0 Å². The van der Waals surface area contributed by atoms with Crippen molar-refractivity contribution >= 4 is 0 Å². The molecule has 0 spiro atoms. The van der Waals surface area contributed by atoms with Crippen molar-refractivity contribution in [2.24, 2.45) is 5.92 Å². The van der Waals surface area contributed by atoms with E-state index in [2.05, 4.69) is 29.6 Å². The third kappa shape index (κ3) is 1.80. The predicted molar refractivity (Wildman–Crippen MR) is 74.8 cm³/mol. The van der Waals surface area contributed by atoms with Crippen LogP contribution in [0.3, 0.4) is 0 Å². The van der Waals surface area contributed by atoms with Crippen molar-refractivity contribution in [1.82, 2.24) is 5.32 Å². The molecule has 4 atom stereocenters. The first-order valence-electron chi connectivity index (χ1n) is 7.74. The predicted octanol–water partition coefficient (Wildman–Crippen LogP) is 3.64. The molecular formula is C17H23N.